The second-order valence-corrected chi connectivity index (χ2v) is 3.32. The molecule has 0 aliphatic rings. The van der Waals surface area contributed by atoms with Gasteiger partial charge in [0.25, 0.3) is 0 Å². The fourth-order valence-electron chi connectivity index (χ4n) is 1.18. The van der Waals surface area contributed by atoms with Crippen molar-refractivity contribution in [1.29, 1.82) is 0 Å². The molecule has 0 aliphatic heterocycles. The van der Waals surface area contributed by atoms with E-state index in [2.05, 4.69) is 10.1 Å². The van der Waals surface area contributed by atoms with Crippen LogP contribution in [0.1, 0.15) is 20.3 Å². The largest absolute Gasteiger partial charge is 0.465 e. The van der Waals surface area contributed by atoms with E-state index in [1.165, 1.54) is 0 Å². The summed E-state index contributed by atoms with van der Waals surface area (Å²) in [4.78, 5) is 11.4. The van der Waals surface area contributed by atoms with Crippen molar-refractivity contribution in [1.82, 2.24) is 5.32 Å². The summed E-state index contributed by atoms with van der Waals surface area (Å²) in [6, 6.07) is -0.617. The van der Waals surface area contributed by atoms with Crippen molar-refractivity contribution in [2.45, 2.75) is 32.5 Å². The Balaban J connectivity index is 3.89. The number of nitrogens with one attached hydrogen (secondary N) is 1. The van der Waals surface area contributed by atoms with Crippen LogP contribution in [-0.2, 0) is 14.3 Å². The number of hydrogen-bond acceptors (Lipinski definition) is 4. The molecule has 1 atom stereocenters. The van der Waals surface area contributed by atoms with Crippen molar-refractivity contribution in [3.05, 3.63) is 0 Å². The number of ether oxygens (including phenoxy) is 2. The monoisotopic (exact) mass is 257 g/mol. The summed E-state index contributed by atoms with van der Waals surface area (Å²) < 4.78 is 44.5. The highest BCUT2D eigenvalue weighted by Gasteiger charge is 2.27. The van der Waals surface area contributed by atoms with Crippen LogP contribution in [0.2, 0.25) is 0 Å². The zero-order valence-corrected chi connectivity index (χ0v) is 9.97. The van der Waals surface area contributed by atoms with Gasteiger partial charge in [0.2, 0.25) is 0 Å². The van der Waals surface area contributed by atoms with Crippen molar-refractivity contribution < 1.29 is 27.4 Å². The molecular formula is C10H18F3NO3. The molecule has 1 N–H and O–H groups in total. The quantitative estimate of drug-likeness (QED) is 0.529. The molecule has 0 aromatic heterocycles. The first-order valence-electron chi connectivity index (χ1n) is 5.45. The highest BCUT2D eigenvalue weighted by atomic mass is 19.4. The molecule has 4 nitrogen and oxygen atoms in total. The predicted molar refractivity (Wildman–Crippen MR) is 55.6 cm³/mol. The van der Waals surface area contributed by atoms with Crippen LogP contribution in [0.3, 0.4) is 0 Å². The van der Waals surface area contributed by atoms with E-state index in [-0.39, 0.29) is 19.6 Å². The number of rotatable bonds is 8. The first kappa shape index (κ1) is 16.2. The van der Waals surface area contributed by atoms with Gasteiger partial charge in [-0.05, 0) is 19.9 Å². The molecule has 0 saturated heterocycles. The van der Waals surface area contributed by atoms with E-state index >= 15 is 0 Å². The highest BCUT2D eigenvalue weighted by Crippen LogP contribution is 2.14. The predicted octanol–water partition coefficient (Wildman–Crippen LogP) is 1.50. The Morgan fingerprint density at radius 1 is 1.35 bits per heavy atom. The minimum absolute atomic E-state index is 0.143. The molecule has 0 fully saturated rings. The van der Waals surface area contributed by atoms with Crippen LogP contribution in [0.5, 0.6) is 0 Å². The van der Waals surface area contributed by atoms with Crippen molar-refractivity contribution >= 4 is 5.97 Å². The molecule has 0 amide bonds. The second kappa shape index (κ2) is 8.30. The van der Waals surface area contributed by atoms with Gasteiger partial charge in [0.05, 0.1) is 6.61 Å². The number of alkyl halides is 3. The van der Waals surface area contributed by atoms with E-state index in [1.807, 2.05) is 0 Å². The van der Waals surface area contributed by atoms with Gasteiger partial charge in [0, 0.05) is 6.61 Å². The zero-order valence-electron chi connectivity index (χ0n) is 9.97. The maximum Gasteiger partial charge on any atom is 0.411 e. The van der Waals surface area contributed by atoms with E-state index in [1.54, 1.807) is 13.8 Å². The molecule has 0 aromatic rings. The standard InChI is InChI=1S/C10H18F3NO3/c1-3-14-8(9(15)17-4-2)5-6-16-7-10(11,12)13/h8,14H,3-7H2,1-2H3. The van der Waals surface area contributed by atoms with Crippen LogP contribution in [0, 0.1) is 0 Å². The lowest BCUT2D eigenvalue weighted by Gasteiger charge is -2.16. The second-order valence-electron chi connectivity index (χ2n) is 3.32. The van der Waals surface area contributed by atoms with Crippen LogP contribution in [0.15, 0.2) is 0 Å². The molecule has 0 heterocycles. The van der Waals surface area contributed by atoms with Crippen LogP contribution in [0.4, 0.5) is 13.2 Å². The Hall–Kier alpha value is -0.820. The van der Waals surface area contributed by atoms with E-state index in [0.29, 0.717) is 6.54 Å². The van der Waals surface area contributed by atoms with E-state index in [9.17, 15) is 18.0 Å². The molecule has 1 unspecified atom stereocenters. The van der Waals surface area contributed by atoms with Crippen molar-refractivity contribution in [3.63, 3.8) is 0 Å². The number of likely N-dealkylation sites (N-methyl/N-ethyl adjacent to an activating group) is 1. The molecule has 7 heteroatoms. The first-order valence-corrected chi connectivity index (χ1v) is 5.45. The third kappa shape index (κ3) is 8.93. The Bertz CT molecular complexity index is 221. The number of hydrogen-bond donors (Lipinski definition) is 1. The first-order chi connectivity index (χ1) is 7.90. The van der Waals surface area contributed by atoms with Gasteiger partial charge in [-0.1, -0.05) is 6.92 Å². The number of halogens is 3. The lowest BCUT2D eigenvalue weighted by molar-refractivity contribution is -0.174. The molecule has 0 aromatic carbocycles. The summed E-state index contributed by atoms with van der Waals surface area (Å²) in [5.74, 6) is -0.468. The van der Waals surface area contributed by atoms with Gasteiger partial charge < -0.3 is 14.8 Å². The average molecular weight is 257 g/mol. The summed E-state index contributed by atoms with van der Waals surface area (Å²) in [5.41, 5.74) is 0. The van der Waals surface area contributed by atoms with Gasteiger partial charge in [-0.15, -0.1) is 0 Å². The lowest BCUT2D eigenvalue weighted by Crippen LogP contribution is -2.39. The lowest BCUT2D eigenvalue weighted by atomic mass is 10.2. The zero-order chi connectivity index (χ0) is 13.3. The molecule has 0 spiro atoms. The number of carbonyl (C=O) groups is 1. The molecule has 102 valence electrons. The Morgan fingerprint density at radius 2 is 2.00 bits per heavy atom. The van der Waals surface area contributed by atoms with Gasteiger partial charge >= 0.3 is 12.1 Å². The third-order valence-corrected chi connectivity index (χ3v) is 1.84. The van der Waals surface area contributed by atoms with Crippen LogP contribution in [-0.4, -0.2) is 44.6 Å². The summed E-state index contributed by atoms with van der Waals surface area (Å²) in [7, 11) is 0. The molecule has 0 bridgehead atoms. The molecule has 0 radical (unpaired) electrons. The highest BCUT2D eigenvalue weighted by molar-refractivity contribution is 5.75. The molecule has 0 saturated carbocycles. The summed E-state index contributed by atoms with van der Waals surface area (Å²) in [6.07, 6.45) is -4.18. The van der Waals surface area contributed by atoms with Crippen LogP contribution < -0.4 is 5.32 Å². The molecule has 17 heavy (non-hydrogen) atoms. The molecule has 0 aliphatic carbocycles. The average Bonchev–Trinajstić information content (AvgIpc) is 2.21. The van der Waals surface area contributed by atoms with Gasteiger partial charge in [-0.3, -0.25) is 4.79 Å². The molecular weight excluding hydrogens is 239 g/mol. The Kier molecular flexibility index (Phi) is 7.90. The topological polar surface area (TPSA) is 47.6 Å². The summed E-state index contributed by atoms with van der Waals surface area (Å²) in [6.45, 7) is 2.79. The normalized spacial score (nSPS) is 13.5. The van der Waals surface area contributed by atoms with Gasteiger partial charge in [0.1, 0.15) is 12.6 Å². The number of carbonyl (C=O) groups excluding carboxylic acids is 1. The fourth-order valence-corrected chi connectivity index (χ4v) is 1.18. The number of esters is 1. The third-order valence-electron chi connectivity index (χ3n) is 1.84. The van der Waals surface area contributed by atoms with Crippen LogP contribution in [0.25, 0.3) is 0 Å². The van der Waals surface area contributed by atoms with Crippen LogP contribution >= 0.6 is 0 Å². The maximum atomic E-state index is 11.8. The summed E-state index contributed by atoms with van der Waals surface area (Å²) >= 11 is 0. The van der Waals surface area contributed by atoms with Gasteiger partial charge in [-0.2, -0.15) is 13.2 Å². The van der Waals surface area contributed by atoms with E-state index < -0.39 is 24.8 Å². The van der Waals surface area contributed by atoms with Crippen molar-refractivity contribution in [3.8, 4) is 0 Å². The fraction of sp³-hybridized carbons (Fsp3) is 0.900. The van der Waals surface area contributed by atoms with Gasteiger partial charge in [0.15, 0.2) is 0 Å². The minimum atomic E-state index is -4.34. The van der Waals surface area contributed by atoms with Crippen molar-refractivity contribution in [2.75, 3.05) is 26.4 Å². The van der Waals surface area contributed by atoms with E-state index in [4.69, 9.17) is 4.74 Å². The van der Waals surface area contributed by atoms with E-state index in [0.717, 1.165) is 0 Å². The minimum Gasteiger partial charge on any atom is -0.465 e. The van der Waals surface area contributed by atoms with Crippen molar-refractivity contribution in [2.24, 2.45) is 0 Å². The summed E-state index contributed by atoms with van der Waals surface area (Å²) in [5, 5.41) is 2.83. The Morgan fingerprint density at radius 3 is 2.47 bits per heavy atom. The Labute approximate surface area is 98.5 Å². The SMILES string of the molecule is CCNC(CCOCC(F)(F)F)C(=O)OCC. The van der Waals surface area contributed by atoms with Gasteiger partial charge in [-0.25, -0.2) is 0 Å². The smallest absolute Gasteiger partial charge is 0.411 e. The maximum absolute atomic E-state index is 11.8. The molecule has 0 rings (SSSR count).